The molecule has 4 heterocycles. The molecule has 2 N–H and O–H groups in total. The third-order valence-electron chi connectivity index (χ3n) is 5.38. The van der Waals surface area contributed by atoms with Crippen LogP contribution < -0.4 is 10.6 Å². The van der Waals surface area contributed by atoms with Gasteiger partial charge in [-0.3, -0.25) is 20.0 Å². The van der Waals surface area contributed by atoms with E-state index in [9.17, 15) is 9.59 Å². The highest BCUT2D eigenvalue weighted by Gasteiger charge is 2.54. The molecule has 4 rings (SSSR count). The van der Waals surface area contributed by atoms with Gasteiger partial charge < -0.3 is 10.1 Å². The van der Waals surface area contributed by atoms with Gasteiger partial charge in [0.2, 0.25) is 11.9 Å². The third-order valence-corrected chi connectivity index (χ3v) is 6.68. The standard InChI is InChI=1S/C22H27N5O3S/c1-13-8-14(10-23-9-13)16-6-7-17(31-16)22-12-24-11-15(22)18(28)27(5)19(26-22)25-20(29)30-21(2,3)4/h6-10,15,24H,11-12H2,1-5H3,(H,25,26,29)/t15?,22-/m0/s1. The number of fused-ring (bicyclic) bond motifs is 1. The molecule has 2 atom stereocenters. The van der Waals surface area contributed by atoms with E-state index in [1.54, 1.807) is 39.2 Å². The predicted octanol–water partition coefficient (Wildman–Crippen LogP) is 2.89. The van der Waals surface area contributed by atoms with Crippen molar-refractivity contribution < 1.29 is 14.3 Å². The first-order valence-corrected chi connectivity index (χ1v) is 11.0. The highest BCUT2D eigenvalue weighted by Crippen LogP contribution is 2.45. The number of hydrogen-bond acceptors (Lipinski definition) is 7. The maximum atomic E-state index is 13.2. The van der Waals surface area contributed by atoms with Crippen molar-refractivity contribution in [2.75, 3.05) is 20.1 Å². The topological polar surface area (TPSA) is 95.9 Å². The molecule has 0 aromatic carbocycles. The minimum atomic E-state index is -0.770. The first-order valence-electron chi connectivity index (χ1n) is 10.2. The van der Waals surface area contributed by atoms with Crippen LogP contribution in [0.15, 0.2) is 35.6 Å². The second kappa shape index (κ2) is 7.72. The molecule has 2 amide bonds. The number of aryl methyl sites for hydroxylation is 1. The van der Waals surface area contributed by atoms with Gasteiger partial charge in [0.15, 0.2) is 0 Å². The van der Waals surface area contributed by atoms with E-state index in [1.807, 2.05) is 31.5 Å². The molecule has 1 saturated heterocycles. The molecule has 9 heteroatoms. The number of thiophene rings is 1. The molecule has 2 aromatic rings. The number of carbonyl (C=O) groups excluding carboxylic acids is 2. The largest absolute Gasteiger partial charge is 0.444 e. The van der Waals surface area contributed by atoms with Crippen molar-refractivity contribution in [1.29, 1.82) is 0 Å². The minimum absolute atomic E-state index is 0.0850. The summed E-state index contributed by atoms with van der Waals surface area (Å²) in [5.74, 6) is -0.228. The molecule has 8 nitrogen and oxygen atoms in total. The Hall–Kier alpha value is -2.78. The van der Waals surface area contributed by atoms with Crippen LogP contribution in [-0.2, 0) is 15.1 Å². The summed E-state index contributed by atoms with van der Waals surface area (Å²) in [6, 6.07) is 6.15. The Balaban J connectivity index is 1.71. The Kier molecular flexibility index (Phi) is 5.35. The van der Waals surface area contributed by atoms with Crippen molar-refractivity contribution in [2.24, 2.45) is 10.9 Å². The van der Waals surface area contributed by atoms with Crippen molar-refractivity contribution in [2.45, 2.75) is 38.8 Å². The number of amides is 2. The maximum Gasteiger partial charge on any atom is 0.414 e. The summed E-state index contributed by atoms with van der Waals surface area (Å²) in [5, 5.41) is 5.99. The normalized spacial score (nSPS) is 23.4. The number of ether oxygens (including phenoxy) is 1. The van der Waals surface area contributed by atoms with E-state index in [2.05, 4.69) is 21.7 Å². The highest BCUT2D eigenvalue weighted by atomic mass is 32.1. The van der Waals surface area contributed by atoms with Crippen LogP contribution in [0.3, 0.4) is 0 Å². The molecule has 1 fully saturated rings. The second-order valence-corrected chi connectivity index (χ2v) is 10.1. The summed E-state index contributed by atoms with van der Waals surface area (Å²) < 4.78 is 5.36. The van der Waals surface area contributed by atoms with Crippen molar-refractivity contribution in [3.63, 3.8) is 0 Å². The van der Waals surface area contributed by atoms with Gasteiger partial charge in [0.05, 0.1) is 5.92 Å². The summed E-state index contributed by atoms with van der Waals surface area (Å²) >= 11 is 1.60. The van der Waals surface area contributed by atoms with E-state index >= 15 is 0 Å². The molecule has 0 radical (unpaired) electrons. The van der Waals surface area contributed by atoms with Crippen LogP contribution in [0.1, 0.15) is 31.2 Å². The molecule has 164 valence electrons. The highest BCUT2D eigenvalue weighted by molar-refractivity contribution is 7.15. The third kappa shape index (κ3) is 4.07. The van der Waals surface area contributed by atoms with Crippen LogP contribution in [0.4, 0.5) is 4.79 Å². The molecule has 1 unspecified atom stereocenters. The Morgan fingerprint density at radius 2 is 2.13 bits per heavy atom. The zero-order valence-corrected chi connectivity index (χ0v) is 19.2. The van der Waals surface area contributed by atoms with Gasteiger partial charge in [0, 0.05) is 47.8 Å². The summed E-state index contributed by atoms with van der Waals surface area (Å²) in [6.07, 6.45) is 3.02. The van der Waals surface area contributed by atoms with Crippen molar-refractivity contribution >= 4 is 29.3 Å². The van der Waals surface area contributed by atoms with Crippen molar-refractivity contribution in [1.82, 2.24) is 20.5 Å². The van der Waals surface area contributed by atoms with Gasteiger partial charge in [0.1, 0.15) is 11.1 Å². The molecule has 2 aromatic heterocycles. The van der Waals surface area contributed by atoms with E-state index in [0.29, 0.717) is 13.1 Å². The second-order valence-electron chi connectivity index (χ2n) is 8.98. The number of nitrogens with zero attached hydrogens (tertiary/aromatic N) is 3. The number of pyridine rings is 1. The fourth-order valence-electron chi connectivity index (χ4n) is 3.95. The number of hydrogen-bond donors (Lipinski definition) is 2. The number of nitrogens with one attached hydrogen (secondary N) is 2. The lowest BCUT2D eigenvalue weighted by Crippen LogP contribution is -2.56. The minimum Gasteiger partial charge on any atom is -0.444 e. The zero-order chi connectivity index (χ0) is 22.4. The number of aliphatic imine (C=N–C) groups is 1. The van der Waals surface area contributed by atoms with Crippen LogP contribution in [0.2, 0.25) is 0 Å². The van der Waals surface area contributed by atoms with Crippen LogP contribution >= 0.6 is 11.3 Å². The lowest BCUT2D eigenvalue weighted by atomic mass is 9.84. The van der Waals surface area contributed by atoms with E-state index in [-0.39, 0.29) is 17.8 Å². The van der Waals surface area contributed by atoms with E-state index in [1.165, 1.54) is 4.90 Å². The Morgan fingerprint density at radius 3 is 2.84 bits per heavy atom. The lowest BCUT2D eigenvalue weighted by molar-refractivity contribution is -0.132. The quantitative estimate of drug-likeness (QED) is 0.747. The summed E-state index contributed by atoms with van der Waals surface area (Å²) in [7, 11) is 1.62. The number of aromatic nitrogens is 1. The fraction of sp³-hybridized carbons (Fsp3) is 0.455. The van der Waals surface area contributed by atoms with Crippen LogP contribution in [-0.4, -0.2) is 53.6 Å². The van der Waals surface area contributed by atoms with Gasteiger partial charge in [-0.1, -0.05) is 0 Å². The summed E-state index contributed by atoms with van der Waals surface area (Å²) in [4.78, 5) is 38.2. The van der Waals surface area contributed by atoms with E-state index in [0.717, 1.165) is 20.9 Å². The number of guanidine groups is 1. The lowest BCUT2D eigenvalue weighted by Gasteiger charge is -2.38. The number of alkyl carbamates (subject to hydrolysis) is 1. The van der Waals surface area contributed by atoms with Crippen LogP contribution in [0, 0.1) is 12.8 Å². The molecule has 0 spiro atoms. The zero-order valence-electron chi connectivity index (χ0n) is 18.4. The molecule has 0 aliphatic carbocycles. The maximum absolute atomic E-state index is 13.2. The van der Waals surface area contributed by atoms with Crippen molar-refractivity contribution in [3.8, 4) is 10.4 Å². The summed E-state index contributed by atoms with van der Waals surface area (Å²) in [6.45, 7) is 8.42. The monoisotopic (exact) mass is 441 g/mol. The molecule has 31 heavy (non-hydrogen) atoms. The van der Waals surface area contributed by atoms with E-state index < -0.39 is 17.2 Å². The predicted molar refractivity (Wildman–Crippen MR) is 120 cm³/mol. The van der Waals surface area contributed by atoms with Gasteiger partial charge in [-0.25, -0.2) is 9.79 Å². The van der Waals surface area contributed by atoms with Gasteiger partial charge >= 0.3 is 6.09 Å². The van der Waals surface area contributed by atoms with Crippen molar-refractivity contribution in [3.05, 3.63) is 41.0 Å². The fourth-order valence-corrected chi connectivity index (χ4v) is 5.12. The smallest absolute Gasteiger partial charge is 0.414 e. The summed E-state index contributed by atoms with van der Waals surface area (Å²) in [5.41, 5.74) is 0.697. The number of rotatable bonds is 2. The first kappa shape index (κ1) is 21.5. The van der Waals surface area contributed by atoms with Crippen LogP contribution in [0.25, 0.3) is 10.4 Å². The SMILES string of the molecule is Cc1cncc(-c2ccc([C@]34CNCC3C(=O)N(C)C(NC(=O)OC(C)(C)C)=N4)s2)c1. The first-order chi connectivity index (χ1) is 14.6. The molecular formula is C22H27N5O3S. The van der Waals surface area contributed by atoms with Gasteiger partial charge in [-0.15, -0.1) is 11.3 Å². The average molecular weight is 442 g/mol. The molecular weight excluding hydrogens is 414 g/mol. The number of carbonyl (C=O) groups is 2. The Labute approximate surface area is 185 Å². The van der Waals surface area contributed by atoms with Gasteiger partial charge in [0.25, 0.3) is 0 Å². The molecule has 2 aliphatic rings. The average Bonchev–Trinajstić information content (AvgIpc) is 3.32. The molecule has 2 aliphatic heterocycles. The van der Waals surface area contributed by atoms with E-state index in [4.69, 9.17) is 9.73 Å². The Morgan fingerprint density at radius 1 is 1.35 bits per heavy atom. The molecule has 0 saturated carbocycles. The molecule has 0 bridgehead atoms. The van der Waals surface area contributed by atoms with Gasteiger partial charge in [-0.05, 0) is 51.5 Å². The van der Waals surface area contributed by atoms with Crippen LogP contribution in [0.5, 0.6) is 0 Å². The van der Waals surface area contributed by atoms with Gasteiger partial charge in [-0.2, -0.15) is 0 Å². The Bertz CT molecular complexity index is 1060.